The van der Waals surface area contributed by atoms with Gasteiger partial charge in [0.05, 0.1) is 22.9 Å². The molecule has 1 fully saturated rings. The van der Waals surface area contributed by atoms with Crippen LogP contribution in [0.5, 0.6) is 0 Å². The van der Waals surface area contributed by atoms with Gasteiger partial charge in [-0.2, -0.15) is 0 Å². The molecule has 1 aliphatic heterocycles. The minimum atomic E-state index is -0.379. The number of rotatable bonds is 4. The van der Waals surface area contributed by atoms with Gasteiger partial charge in [-0.25, -0.2) is 9.37 Å². The molecule has 0 saturated carbocycles. The number of fused-ring (bicyclic) bond motifs is 1. The summed E-state index contributed by atoms with van der Waals surface area (Å²) in [5.41, 5.74) is 0.843. The fourth-order valence-corrected chi connectivity index (χ4v) is 4.48. The first-order valence-corrected chi connectivity index (χ1v) is 9.97. The van der Waals surface area contributed by atoms with E-state index in [0.717, 1.165) is 22.0 Å². The molecule has 1 aliphatic rings. The lowest BCUT2D eigenvalue weighted by Gasteiger charge is -2.23. The van der Waals surface area contributed by atoms with Gasteiger partial charge in [0.1, 0.15) is 11.3 Å². The fourth-order valence-electron chi connectivity index (χ4n) is 3.04. The number of amides is 1. The van der Waals surface area contributed by atoms with Crippen molar-refractivity contribution < 1.29 is 13.9 Å². The van der Waals surface area contributed by atoms with E-state index in [2.05, 4.69) is 20.9 Å². The van der Waals surface area contributed by atoms with Crippen LogP contribution < -0.4 is 4.90 Å². The highest BCUT2D eigenvalue weighted by atomic mass is 79.9. The summed E-state index contributed by atoms with van der Waals surface area (Å²) >= 11 is 4.76. The smallest absolute Gasteiger partial charge is 0.261 e. The molecule has 4 rings (SSSR count). The van der Waals surface area contributed by atoms with Gasteiger partial charge >= 0.3 is 0 Å². The number of anilines is 1. The molecule has 26 heavy (non-hydrogen) atoms. The van der Waals surface area contributed by atoms with Gasteiger partial charge in [0.2, 0.25) is 0 Å². The lowest BCUT2D eigenvalue weighted by Crippen LogP contribution is -2.37. The number of aromatic nitrogens is 1. The van der Waals surface area contributed by atoms with E-state index in [1.54, 1.807) is 17.0 Å². The molecule has 1 amide bonds. The molecule has 2 heterocycles. The molecule has 1 aromatic heterocycles. The van der Waals surface area contributed by atoms with Crippen LogP contribution in [0.15, 0.2) is 46.9 Å². The highest BCUT2D eigenvalue weighted by Gasteiger charge is 2.28. The Labute approximate surface area is 162 Å². The lowest BCUT2D eigenvalue weighted by atomic mass is 10.2. The van der Waals surface area contributed by atoms with Gasteiger partial charge in [0.25, 0.3) is 5.91 Å². The SMILES string of the molecule is O=C(c1ccccc1Br)N(CC1CCCO1)c1nc2c(F)cccc2s1. The Balaban J connectivity index is 1.75. The number of para-hydroxylation sites is 1. The molecule has 1 saturated heterocycles. The van der Waals surface area contributed by atoms with Crippen molar-refractivity contribution in [2.24, 2.45) is 0 Å². The maximum absolute atomic E-state index is 14.1. The predicted octanol–water partition coefficient (Wildman–Crippen LogP) is 5.02. The maximum atomic E-state index is 14.1. The molecule has 0 bridgehead atoms. The average Bonchev–Trinajstić information content (AvgIpc) is 3.29. The van der Waals surface area contributed by atoms with Crippen molar-refractivity contribution in [3.05, 3.63) is 58.3 Å². The zero-order valence-electron chi connectivity index (χ0n) is 13.8. The zero-order valence-corrected chi connectivity index (χ0v) is 16.2. The van der Waals surface area contributed by atoms with Crippen molar-refractivity contribution in [1.82, 2.24) is 4.98 Å². The van der Waals surface area contributed by atoms with Gasteiger partial charge in [-0.3, -0.25) is 9.69 Å². The molecule has 0 radical (unpaired) electrons. The summed E-state index contributed by atoms with van der Waals surface area (Å²) < 4.78 is 21.2. The molecule has 7 heteroatoms. The minimum absolute atomic E-state index is 0.0294. The van der Waals surface area contributed by atoms with E-state index in [4.69, 9.17) is 4.74 Å². The number of hydrogen-bond acceptors (Lipinski definition) is 4. The first-order chi connectivity index (χ1) is 12.6. The predicted molar refractivity (Wildman–Crippen MR) is 104 cm³/mol. The van der Waals surface area contributed by atoms with Crippen LogP contribution >= 0.6 is 27.3 Å². The first-order valence-electron chi connectivity index (χ1n) is 8.36. The van der Waals surface area contributed by atoms with E-state index in [1.165, 1.54) is 17.4 Å². The number of halogens is 2. The van der Waals surface area contributed by atoms with Crippen LogP contribution in [0.2, 0.25) is 0 Å². The summed E-state index contributed by atoms with van der Waals surface area (Å²) in [5, 5.41) is 0.487. The normalized spacial score (nSPS) is 16.9. The summed E-state index contributed by atoms with van der Waals surface area (Å²) in [6.07, 6.45) is 1.85. The fraction of sp³-hybridized carbons (Fsp3) is 0.263. The van der Waals surface area contributed by atoms with E-state index in [-0.39, 0.29) is 17.8 Å². The summed E-state index contributed by atoms with van der Waals surface area (Å²) in [4.78, 5) is 19.2. The average molecular weight is 435 g/mol. The van der Waals surface area contributed by atoms with Crippen molar-refractivity contribution in [2.75, 3.05) is 18.1 Å². The van der Waals surface area contributed by atoms with E-state index in [1.807, 2.05) is 24.3 Å². The minimum Gasteiger partial charge on any atom is -0.376 e. The third kappa shape index (κ3) is 3.39. The standard InChI is InChI=1S/C19H16BrFN2O2S/c20-14-7-2-1-6-13(14)18(24)23(11-12-5-4-10-25-12)19-22-17-15(21)8-3-9-16(17)26-19/h1-3,6-9,12H,4-5,10-11H2. The van der Waals surface area contributed by atoms with Gasteiger partial charge in [-0.15, -0.1) is 0 Å². The number of carbonyl (C=O) groups is 1. The number of hydrogen-bond donors (Lipinski definition) is 0. The molecule has 0 aliphatic carbocycles. The van der Waals surface area contributed by atoms with Crippen molar-refractivity contribution in [3.63, 3.8) is 0 Å². The Kier molecular flexibility index (Phi) is 5.02. The zero-order chi connectivity index (χ0) is 18.1. The number of ether oxygens (including phenoxy) is 1. The Hall–Kier alpha value is -1.83. The quantitative estimate of drug-likeness (QED) is 0.578. The molecule has 134 valence electrons. The van der Waals surface area contributed by atoms with Gasteiger partial charge < -0.3 is 4.74 Å². The number of benzene rings is 2. The summed E-state index contributed by atoms with van der Waals surface area (Å²) in [6.45, 7) is 1.11. The molecule has 0 N–H and O–H groups in total. The first kappa shape index (κ1) is 17.6. The number of thiazole rings is 1. The van der Waals surface area contributed by atoms with Gasteiger partial charge in [0, 0.05) is 11.1 Å². The van der Waals surface area contributed by atoms with Crippen molar-refractivity contribution in [3.8, 4) is 0 Å². The Morgan fingerprint density at radius 2 is 2.15 bits per heavy atom. The van der Waals surface area contributed by atoms with E-state index in [0.29, 0.717) is 29.4 Å². The van der Waals surface area contributed by atoms with Gasteiger partial charge in [-0.1, -0.05) is 29.5 Å². The second-order valence-corrected chi connectivity index (χ2v) is 7.98. The largest absolute Gasteiger partial charge is 0.376 e. The van der Waals surface area contributed by atoms with E-state index in [9.17, 15) is 9.18 Å². The number of carbonyl (C=O) groups excluding carboxylic acids is 1. The highest BCUT2D eigenvalue weighted by molar-refractivity contribution is 9.10. The highest BCUT2D eigenvalue weighted by Crippen LogP contribution is 2.32. The van der Waals surface area contributed by atoms with E-state index < -0.39 is 0 Å². The third-order valence-electron chi connectivity index (χ3n) is 4.35. The summed E-state index contributed by atoms with van der Waals surface area (Å²) in [5.74, 6) is -0.553. The topological polar surface area (TPSA) is 42.4 Å². The van der Waals surface area contributed by atoms with Crippen LogP contribution in [0.25, 0.3) is 10.2 Å². The van der Waals surface area contributed by atoms with Gasteiger partial charge in [0.15, 0.2) is 5.13 Å². The monoisotopic (exact) mass is 434 g/mol. The molecular formula is C19H16BrFN2O2S. The molecule has 0 spiro atoms. The Bertz CT molecular complexity index is 956. The third-order valence-corrected chi connectivity index (χ3v) is 6.08. The van der Waals surface area contributed by atoms with Crippen molar-refractivity contribution >= 4 is 48.5 Å². The Morgan fingerprint density at radius 1 is 1.31 bits per heavy atom. The van der Waals surface area contributed by atoms with E-state index >= 15 is 0 Å². The number of nitrogens with zero attached hydrogens (tertiary/aromatic N) is 2. The molecule has 2 aromatic carbocycles. The second-order valence-electron chi connectivity index (χ2n) is 6.11. The van der Waals surface area contributed by atoms with Crippen LogP contribution in [-0.4, -0.2) is 30.1 Å². The summed E-state index contributed by atoms with van der Waals surface area (Å²) in [7, 11) is 0. The van der Waals surface area contributed by atoms with Crippen LogP contribution in [0.3, 0.4) is 0 Å². The summed E-state index contributed by atoms with van der Waals surface area (Å²) in [6, 6.07) is 12.1. The van der Waals surface area contributed by atoms with Crippen molar-refractivity contribution in [1.29, 1.82) is 0 Å². The molecular weight excluding hydrogens is 419 g/mol. The van der Waals surface area contributed by atoms with Crippen LogP contribution in [-0.2, 0) is 4.74 Å². The van der Waals surface area contributed by atoms with Crippen LogP contribution in [0, 0.1) is 5.82 Å². The molecule has 1 unspecified atom stereocenters. The van der Waals surface area contributed by atoms with Crippen LogP contribution in [0.4, 0.5) is 9.52 Å². The lowest BCUT2D eigenvalue weighted by molar-refractivity contribution is 0.0917. The maximum Gasteiger partial charge on any atom is 0.261 e. The van der Waals surface area contributed by atoms with Crippen molar-refractivity contribution in [2.45, 2.75) is 18.9 Å². The van der Waals surface area contributed by atoms with Gasteiger partial charge in [-0.05, 0) is 53.0 Å². The molecule has 1 atom stereocenters. The second kappa shape index (κ2) is 7.42. The van der Waals surface area contributed by atoms with Crippen LogP contribution in [0.1, 0.15) is 23.2 Å². The Morgan fingerprint density at radius 3 is 2.88 bits per heavy atom. The molecule has 4 nitrogen and oxygen atoms in total. The molecule has 3 aromatic rings.